The molecule has 0 radical (unpaired) electrons. The van der Waals surface area contributed by atoms with E-state index in [4.69, 9.17) is 9.84 Å². The topological polar surface area (TPSA) is 107 Å². The minimum absolute atomic E-state index is 0.144. The first-order valence-electron chi connectivity index (χ1n) is 11.8. The molecule has 4 aromatic rings. The standard InChI is InChI=1S/C26H30N6O3/c1-26(2,34)15-28-20-13-19(21-9-10-29-31(21)3)30-32-22(14-27-25(20)32)18-8-7-17(12-24(18)35-4)23(33)11-16-5-6-16/h7-10,12-14,16,28,34H,5-6,11,15H2,1-4H3. The van der Waals surface area contributed by atoms with Gasteiger partial charge in [-0.3, -0.25) is 9.48 Å². The van der Waals surface area contributed by atoms with Crippen LogP contribution in [0.4, 0.5) is 5.69 Å². The number of aliphatic hydroxyl groups is 1. The van der Waals surface area contributed by atoms with Crippen molar-refractivity contribution in [2.75, 3.05) is 19.0 Å². The first-order chi connectivity index (χ1) is 16.7. The summed E-state index contributed by atoms with van der Waals surface area (Å²) in [7, 11) is 3.46. The van der Waals surface area contributed by atoms with E-state index in [2.05, 4.69) is 15.4 Å². The second-order valence-corrected chi connectivity index (χ2v) is 9.81. The fraction of sp³-hybridized carbons (Fsp3) is 0.385. The van der Waals surface area contributed by atoms with Gasteiger partial charge in [-0.25, -0.2) is 9.50 Å². The molecule has 1 aliphatic carbocycles. The van der Waals surface area contributed by atoms with Crippen molar-refractivity contribution in [3.05, 3.63) is 48.3 Å². The molecule has 35 heavy (non-hydrogen) atoms. The van der Waals surface area contributed by atoms with Gasteiger partial charge >= 0.3 is 0 Å². The Kier molecular flexibility index (Phi) is 5.80. The number of rotatable bonds is 9. The smallest absolute Gasteiger partial charge is 0.177 e. The van der Waals surface area contributed by atoms with Crippen molar-refractivity contribution >= 4 is 17.1 Å². The van der Waals surface area contributed by atoms with E-state index in [9.17, 15) is 9.90 Å². The number of carbonyl (C=O) groups excluding carboxylic acids is 1. The van der Waals surface area contributed by atoms with Gasteiger partial charge in [0.2, 0.25) is 0 Å². The van der Waals surface area contributed by atoms with Gasteiger partial charge in [0, 0.05) is 37.3 Å². The summed E-state index contributed by atoms with van der Waals surface area (Å²) in [6.45, 7) is 3.82. The van der Waals surface area contributed by atoms with E-state index in [1.54, 1.807) is 48.6 Å². The molecule has 1 fully saturated rings. The van der Waals surface area contributed by atoms with E-state index in [0.29, 0.717) is 41.5 Å². The van der Waals surface area contributed by atoms with Crippen molar-refractivity contribution < 1.29 is 14.6 Å². The minimum atomic E-state index is -0.908. The van der Waals surface area contributed by atoms with Crippen molar-refractivity contribution in [3.8, 4) is 28.4 Å². The highest BCUT2D eigenvalue weighted by Crippen LogP contribution is 2.36. The molecular weight excluding hydrogens is 444 g/mol. The highest BCUT2D eigenvalue weighted by atomic mass is 16.5. The fourth-order valence-electron chi connectivity index (χ4n) is 4.12. The van der Waals surface area contributed by atoms with Gasteiger partial charge in [0.1, 0.15) is 11.4 Å². The van der Waals surface area contributed by atoms with E-state index < -0.39 is 5.60 Å². The Hall–Kier alpha value is -3.72. The van der Waals surface area contributed by atoms with E-state index in [0.717, 1.165) is 35.5 Å². The van der Waals surface area contributed by atoms with Crippen LogP contribution in [-0.4, -0.2) is 54.5 Å². The Labute approximate surface area is 203 Å². The van der Waals surface area contributed by atoms with Crippen LogP contribution in [0.1, 0.15) is 43.5 Å². The summed E-state index contributed by atoms with van der Waals surface area (Å²) in [5.41, 5.74) is 4.15. The van der Waals surface area contributed by atoms with Crippen molar-refractivity contribution in [2.24, 2.45) is 13.0 Å². The number of ether oxygens (including phenoxy) is 1. The summed E-state index contributed by atoms with van der Waals surface area (Å²) >= 11 is 0. The number of methoxy groups -OCH3 is 1. The lowest BCUT2D eigenvalue weighted by atomic mass is 10.0. The molecule has 0 unspecified atom stereocenters. The molecule has 0 atom stereocenters. The van der Waals surface area contributed by atoms with Crippen LogP contribution in [0, 0.1) is 5.92 Å². The number of hydrogen-bond donors (Lipinski definition) is 2. The second kappa shape index (κ2) is 8.81. The van der Waals surface area contributed by atoms with E-state index >= 15 is 0 Å². The zero-order chi connectivity index (χ0) is 24.7. The third-order valence-electron chi connectivity index (χ3n) is 6.23. The summed E-state index contributed by atoms with van der Waals surface area (Å²) in [6, 6.07) is 9.35. The normalized spacial score (nSPS) is 13.9. The Morgan fingerprint density at radius 1 is 1.23 bits per heavy atom. The number of ketones is 1. The van der Waals surface area contributed by atoms with Gasteiger partial charge < -0.3 is 15.2 Å². The number of aromatic nitrogens is 5. The number of imidazole rings is 1. The quantitative estimate of drug-likeness (QED) is 0.354. The van der Waals surface area contributed by atoms with Crippen LogP contribution in [0.3, 0.4) is 0 Å². The van der Waals surface area contributed by atoms with Crippen molar-refractivity contribution in [2.45, 2.75) is 38.7 Å². The van der Waals surface area contributed by atoms with Crippen LogP contribution in [0.2, 0.25) is 0 Å². The number of hydrogen-bond acceptors (Lipinski definition) is 7. The lowest BCUT2D eigenvalue weighted by Crippen LogP contribution is -2.29. The molecule has 0 saturated heterocycles. The zero-order valence-electron chi connectivity index (χ0n) is 20.4. The number of anilines is 1. The summed E-state index contributed by atoms with van der Waals surface area (Å²) < 4.78 is 9.21. The molecule has 182 valence electrons. The van der Waals surface area contributed by atoms with Crippen molar-refractivity contribution in [1.29, 1.82) is 0 Å². The van der Waals surface area contributed by atoms with E-state index in [1.165, 1.54) is 0 Å². The Morgan fingerprint density at radius 3 is 2.69 bits per heavy atom. The van der Waals surface area contributed by atoms with Crippen LogP contribution >= 0.6 is 0 Å². The van der Waals surface area contributed by atoms with E-state index in [-0.39, 0.29) is 5.78 Å². The number of benzene rings is 1. The molecule has 9 nitrogen and oxygen atoms in total. The van der Waals surface area contributed by atoms with Crippen LogP contribution in [0.5, 0.6) is 5.75 Å². The summed E-state index contributed by atoms with van der Waals surface area (Å²) in [5, 5.41) is 22.7. The Morgan fingerprint density at radius 2 is 2.03 bits per heavy atom. The summed E-state index contributed by atoms with van der Waals surface area (Å²) in [5.74, 6) is 1.26. The average Bonchev–Trinajstić information content (AvgIpc) is 3.37. The van der Waals surface area contributed by atoms with Gasteiger partial charge in [-0.15, -0.1) is 0 Å². The maximum atomic E-state index is 12.7. The lowest BCUT2D eigenvalue weighted by Gasteiger charge is -2.19. The van der Waals surface area contributed by atoms with Crippen molar-refractivity contribution in [1.82, 2.24) is 24.4 Å². The van der Waals surface area contributed by atoms with E-state index in [1.807, 2.05) is 31.3 Å². The van der Waals surface area contributed by atoms with Gasteiger partial charge in [0.05, 0.1) is 36.0 Å². The molecule has 1 aliphatic rings. The highest BCUT2D eigenvalue weighted by Gasteiger charge is 2.26. The predicted molar refractivity (Wildman–Crippen MR) is 134 cm³/mol. The van der Waals surface area contributed by atoms with Gasteiger partial charge in [0.25, 0.3) is 0 Å². The van der Waals surface area contributed by atoms with Gasteiger partial charge in [-0.1, -0.05) is 6.07 Å². The summed E-state index contributed by atoms with van der Waals surface area (Å²) in [4.78, 5) is 17.3. The van der Waals surface area contributed by atoms with Crippen LogP contribution < -0.4 is 10.1 Å². The first-order valence-corrected chi connectivity index (χ1v) is 11.8. The number of nitrogens with zero attached hydrogens (tertiary/aromatic N) is 5. The highest BCUT2D eigenvalue weighted by molar-refractivity contribution is 5.97. The second-order valence-electron chi connectivity index (χ2n) is 9.81. The fourth-order valence-corrected chi connectivity index (χ4v) is 4.12. The predicted octanol–water partition coefficient (Wildman–Crippen LogP) is 3.97. The first kappa shape index (κ1) is 23.0. The molecule has 0 amide bonds. The molecular formula is C26H30N6O3. The molecule has 9 heteroatoms. The molecule has 3 heterocycles. The molecule has 1 aromatic carbocycles. The third kappa shape index (κ3) is 4.77. The number of fused-ring (bicyclic) bond motifs is 1. The van der Waals surface area contributed by atoms with Crippen LogP contribution in [0.25, 0.3) is 28.3 Å². The SMILES string of the molecule is COc1cc(C(=O)CC2CC2)ccc1-c1cnc2c(NCC(C)(C)O)cc(-c3ccnn3C)nn12. The summed E-state index contributed by atoms with van der Waals surface area (Å²) in [6.07, 6.45) is 6.33. The zero-order valence-corrected chi connectivity index (χ0v) is 20.4. The van der Waals surface area contributed by atoms with Gasteiger partial charge in [-0.05, 0) is 56.9 Å². The molecule has 5 rings (SSSR count). The number of aryl methyl sites for hydroxylation is 1. The maximum absolute atomic E-state index is 12.7. The lowest BCUT2D eigenvalue weighted by molar-refractivity contribution is 0.0944. The molecule has 0 bridgehead atoms. The monoisotopic (exact) mass is 474 g/mol. The molecule has 3 aromatic heterocycles. The molecule has 2 N–H and O–H groups in total. The Balaban J connectivity index is 1.61. The Bertz CT molecular complexity index is 1390. The minimum Gasteiger partial charge on any atom is -0.496 e. The number of carbonyl (C=O) groups is 1. The maximum Gasteiger partial charge on any atom is 0.177 e. The molecule has 0 spiro atoms. The van der Waals surface area contributed by atoms with Gasteiger partial charge in [-0.2, -0.15) is 10.2 Å². The average molecular weight is 475 g/mol. The molecule has 1 saturated carbocycles. The van der Waals surface area contributed by atoms with Gasteiger partial charge in [0.15, 0.2) is 11.4 Å². The molecule has 0 aliphatic heterocycles. The van der Waals surface area contributed by atoms with Crippen LogP contribution in [-0.2, 0) is 7.05 Å². The largest absolute Gasteiger partial charge is 0.496 e. The number of Topliss-reactive ketones (excluding diaryl/α,β-unsaturated/α-hetero) is 1. The van der Waals surface area contributed by atoms with Crippen LogP contribution in [0.15, 0.2) is 42.7 Å². The van der Waals surface area contributed by atoms with Crippen molar-refractivity contribution in [3.63, 3.8) is 0 Å². The third-order valence-corrected chi connectivity index (χ3v) is 6.23. The number of nitrogens with one attached hydrogen (secondary N) is 1.